The molecule has 1 N–H and O–H groups in total. The van der Waals surface area contributed by atoms with Crippen molar-refractivity contribution >= 4 is 11.3 Å². The second-order valence-corrected chi connectivity index (χ2v) is 4.98. The predicted octanol–water partition coefficient (Wildman–Crippen LogP) is 3.05. The van der Waals surface area contributed by atoms with Crippen molar-refractivity contribution in [1.29, 1.82) is 0 Å². The van der Waals surface area contributed by atoms with Crippen molar-refractivity contribution in [2.45, 2.75) is 44.8 Å². The smallest absolute Gasteiger partial charge is 0.0801 e. The fourth-order valence-corrected chi connectivity index (χ4v) is 2.98. The molecule has 15 heavy (non-hydrogen) atoms. The van der Waals surface area contributed by atoms with E-state index in [0.717, 1.165) is 31.4 Å². The van der Waals surface area contributed by atoms with Crippen molar-refractivity contribution in [2.24, 2.45) is 0 Å². The summed E-state index contributed by atoms with van der Waals surface area (Å²) in [4.78, 5) is 0. The van der Waals surface area contributed by atoms with E-state index in [1.807, 2.05) is 0 Å². The van der Waals surface area contributed by atoms with E-state index >= 15 is 0 Å². The first-order valence-corrected chi connectivity index (χ1v) is 6.54. The van der Waals surface area contributed by atoms with Gasteiger partial charge in [0.15, 0.2) is 0 Å². The molecule has 2 rings (SSSR count). The molecule has 2 unspecified atom stereocenters. The van der Waals surface area contributed by atoms with E-state index in [-0.39, 0.29) is 6.10 Å². The maximum absolute atomic E-state index is 10.0. The van der Waals surface area contributed by atoms with Gasteiger partial charge in [-0.3, -0.25) is 0 Å². The number of hydrogen-bond donors (Lipinski definition) is 1. The van der Waals surface area contributed by atoms with Gasteiger partial charge in [0.25, 0.3) is 0 Å². The summed E-state index contributed by atoms with van der Waals surface area (Å²) < 4.78 is 5.54. The molecule has 0 saturated carbocycles. The van der Waals surface area contributed by atoms with Gasteiger partial charge in [0.2, 0.25) is 0 Å². The van der Waals surface area contributed by atoms with E-state index in [4.69, 9.17) is 4.74 Å². The number of rotatable bonds is 4. The van der Waals surface area contributed by atoms with Gasteiger partial charge in [-0.15, -0.1) is 0 Å². The van der Waals surface area contributed by atoms with E-state index in [2.05, 4.69) is 17.7 Å². The minimum atomic E-state index is -0.305. The van der Waals surface area contributed by atoms with Crippen LogP contribution in [-0.2, 0) is 4.74 Å². The Hall–Kier alpha value is -0.380. The first-order valence-electron chi connectivity index (χ1n) is 5.59. The average Bonchev–Trinajstić information content (AvgIpc) is 2.84. The largest absolute Gasteiger partial charge is 0.388 e. The van der Waals surface area contributed by atoms with Gasteiger partial charge in [-0.2, -0.15) is 11.3 Å². The Kier molecular flexibility index (Phi) is 3.78. The maximum atomic E-state index is 10.0. The molecule has 0 spiro atoms. The van der Waals surface area contributed by atoms with Crippen molar-refractivity contribution in [2.75, 3.05) is 6.61 Å². The van der Waals surface area contributed by atoms with Crippen LogP contribution in [0.4, 0.5) is 0 Å². The molecule has 2 atom stereocenters. The van der Waals surface area contributed by atoms with Crippen LogP contribution in [0.15, 0.2) is 10.8 Å². The molecule has 84 valence electrons. The Bertz CT molecular complexity index is 302. The molecule has 0 aromatic carbocycles. The molecule has 1 saturated heterocycles. The van der Waals surface area contributed by atoms with E-state index in [1.54, 1.807) is 11.3 Å². The third-order valence-electron chi connectivity index (χ3n) is 3.04. The van der Waals surface area contributed by atoms with Gasteiger partial charge in [-0.1, -0.05) is 0 Å². The maximum Gasteiger partial charge on any atom is 0.0801 e. The van der Waals surface area contributed by atoms with E-state index in [1.165, 1.54) is 12.0 Å². The molecule has 0 aliphatic carbocycles. The van der Waals surface area contributed by atoms with E-state index in [9.17, 15) is 5.11 Å². The highest BCUT2D eigenvalue weighted by Gasteiger charge is 2.18. The number of aliphatic hydroxyl groups excluding tert-OH is 1. The molecule has 0 amide bonds. The van der Waals surface area contributed by atoms with Crippen molar-refractivity contribution in [3.8, 4) is 0 Å². The lowest BCUT2D eigenvalue weighted by Gasteiger charge is -2.13. The summed E-state index contributed by atoms with van der Waals surface area (Å²) in [7, 11) is 0. The molecule has 2 heterocycles. The monoisotopic (exact) mass is 226 g/mol. The summed E-state index contributed by atoms with van der Waals surface area (Å²) in [6.45, 7) is 2.96. The Morgan fingerprint density at radius 1 is 1.60 bits per heavy atom. The molecule has 1 fully saturated rings. The minimum Gasteiger partial charge on any atom is -0.388 e. The molecule has 0 bridgehead atoms. The molecular weight excluding hydrogens is 208 g/mol. The SMILES string of the molecule is Cc1cscc1C(O)CCC1CCCO1. The molecule has 2 nitrogen and oxygen atoms in total. The quantitative estimate of drug-likeness (QED) is 0.855. The summed E-state index contributed by atoms with van der Waals surface area (Å²) in [5.41, 5.74) is 2.30. The molecule has 1 aliphatic heterocycles. The molecule has 3 heteroatoms. The van der Waals surface area contributed by atoms with Gasteiger partial charge in [0, 0.05) is 6.61 Å². The number of ether oxygens (including phenoxy) is 1. The first kappa shape index (κ1) is 11.1. The van der Waals surface area contributed by atoms with Crippen molar-refractivity contribution in [3.63, 3.8) is 0 Å². The van der Waals surface area contributed by atoms with Crippen molar-refractivity contribution < 1.29 is 9.84 Å². The Morgan fingerprint density at radius 2 is 2.47 bits per heavy atom. The lowest BCUT2D eigenvalue weighted by molar-refractivity contribution is 0.0812. The number of aryl methyl sites for hydroxylation is 1. The van der Waals surface area contributed by atoms with Crippen LogP contribution in [0, 0.1) is 6.92 Å². The van der Waals surface area contributed by atoms with Crippen molar-refractivity contribution in [1.82, 2.24) is 0 Å². The fraction of sp³-hybridized carbons (Fsp3) is 0.667. The first-order chi connectivity index (χ1) is 7.27. The van der Waals surface area contributed by atoms with Crippen LogP contribution in [0.25, 0.3) is 0 Å². The molecular formula is C12H18O2S. The average molecular weight is 226 g/mol. The number of thiophene rings is 1. The summed E-state index contributed by atoms with van der Waals surface area (Å²) in [6, 6.07) is 0. The van der Waals surface area contributed by atoms with Crippen LogP contribution >= 0.6 is 11.3 Å². The Balaban J connectivity index is 1.81. The second-order valence-electron chi connectivity index (χ2n) is 4.24. The zero-order chi connectivity index (χ0) is 10.7. The molecule has 1 aromatic rings. The fourth-order valence-electron chi connectivity index (χ4n) is 2.08. The number of aliphatic hydroxyl groups is 1. The summed E-state index contributed by atoms with van der Waals surface area (Å²) in [6.07, 6.45) is 4.23. The van der Waals surface area contributed by atoms with Crippen molar-refractivity contribution in [3.05, 3.63) is 21.9 Å². The normalized spacial score (nSPS) is 23.2. The summed E-state index contributed by atoms with van der Waals surface area (Å²) in [5, 5.41) is 14.1. The number of hydrogen-bond acceptors (Lipinski definition) is 3. The van der Waals surface area contributed by atoms with E-state index in [0.29, 0.717) is 6.10 Å². The van der Waals surface area contributed by atoms with Gasteiger partial charge in [-0.05, 0) is 54.5 Å². The van der Waals surface area contributed by atoms with Gasteiger partial charge in [0.1, 0.15) is 0 Å². The Morgan fingerprint density at radius 3 is 3.07 bits per heavy atom. The third-order valence-corrected chi connectivity index (χ3v) is 3.92. The highest BCUT2D eigenvalue weighted by molar-refractivity contribution is 7.08. The highest BCUT2D eigenvalue weighted by Crippen LogP contribution is 2.27. The molecule has 1 aromatic heterocycles. The summed E-state index contributed by atoms with van der Waals surface area (Å²) >= 11 is 1.66. The zero-order valence-electron chi connectivity index (χ0n) is 9.11. The Labute approximate surface area is 94.9 Å². The lowest BCUT2D eigenvalue weighted by Crippen LogP contribution is -2.08. The van der Waals surface area contributed by atoms with Crippen LogP contribution in [0.5, 0.6) is 0 Å². The van der Waals surface area contributed by atoms with Crippen LogP contribution in [0.2, 0.25) is 0 Å². The van der Waals surface area contributed by atoms with Gasteiger partial charge >= 0.3 is 0 Å². The van der Waals surface area contributed by atoms with Gasteiger partial charge < -0.3 is 9.84 Å². The topological polar surface area (TPSA) is 29.5 Å². The van der Waals surface area contributed by atoms with E-state index < -0.39 is 0 Å². The molecule has 1 aliphatic rings. The zero-order valence-corrected chi connectivity index (χ0v) is 9.93. The molecule has 0 radical (unpaired) electrons. The predicted molar refractivity (Wildman–Crippen MR) is 62.2 cm³/mol. The van der Waals surface area contributed by atoms with Crippen LogP contribution in [-0.4, -0.2) is 17.8 Å². The highest BCUT2D eigenvalue weighted by atomic mass is 32.1. The van der Waals surface area contributed by atoms with Gasteiger partial charge in [-0.25, -0.2) is 0 Å². The second kappa shape index (κ2) is 5.10. The van der Waals surface area contributed by atoms with Crippen LogP contribution in [0.1, 0.15) is 42.9 Å². The summed E-state index contributed by atoms with van der Waals surface area (Å²) in [5.74, 6) is 0. The minimum absolute atomic E-state index is 0.305. The van der Waals surface area contributed by atoms with Gasteiger partial charge in [0.05, 0.1) is 12.2 Å². The van der Waals surface area contributed by atoms with Crippen LogP contribution in [0.3, 0.4) is 0 Å². The third kappa shape index (κ3) is 2.80. The van der Waals surface area contributed by atoms with Crippen LogP contribution < -0.4 is 0 Å². The lowest BCUT2D eigenvalue weighted by atomic mass is 10.0. The standard InChI is InChI=1S/C12H18O2S/c1-9-7-15-8-11(9)12(13)5-4-10-3-2-6-14-10/h7-8,10,12-13H,2-6H2,1H3.